The average molecular weight is 276 g/mol. The predicted octanol–water partition coefficient (Wildman–Crippen LogP) is 2.70. The number of hydrogen-bond donors (Lipinski definition) is 2. The molecule has 0 aromatic heterocycles. The van der Waals surface area contributed by atoms with Gasteiger partial charge in [-0.25, -0.2) is 4.79 Å². The maximum atomic E-state index is 11.5. The zero-order valence-electron chi connectivity index (χ0n) is 11.6. The first-order valence-electron chi connectivity index (χ1n) is 6.62. The van der Waals surface area contributed by atoms with Gasteiger partial charge in [0.05, 0.1) is 13.2 Å². The molecular weight excluding hydrogens is 256 g/mol. The number of carboxylic acid groups (broad SMARTS) is 1. The second kappa shape index (κ2) is 5.96. The van der Waals surface area contributed by atoms with E-state index in [0.717, 1.165) is 16.9 Å². The van der Waals surface area contributed by atoms with E-state index >= 15 is 0 Å². The van der Waals surface area contributed by atoms with Crippen LogP contribution in [0.3, 0.4) is 0 Å². The number of carbonyl (C=O) groups is 1. The lowest BCUT2D eigenvalue weighted by atomic mass is 10.1. The van der Waals surface area contributed by atoms with Gasteiger partial charge in [-0.3, -0.25) is 0 Å². The van der Waals surface area contributed by atoms with Crippen molar-refractivity contribution in [2.75, 3.05) is 13.7 Å². The van der Waals surface area contributed by atoms with Gasteiger partial charge in [-0.1, -0.05) is 12.1 Å². The van der Waals surface area contributed by atoms with Crippen LogP contribution < -0.4 is 10.5 Å². The SMILES string of the molecule is C=CCCN(C(=O)O)C1C[C@H](N)c2cc(OC)ccc21. The summed E-state index contributed by atoms with van der Waals surface area (Å²) < 4.78 is 5.20. The van der Waals surface area contributed by atoms with E-state index in [1.807, 2.05) is 18.2 Å². The number of hydrogen-bond acceptors (Lipinski definition) is 3. The summed E-state index contributed by atoms with van der Waals surface area (Å²) in [6.45, 7) is 4.07. The molecule has 108 valence electrons. The first kappa shape index (κ1) is 14.4. The normalized spacial score (nSPS) is 20.3. The van der Waals surface area contributed by atoms with Gasteiger partial charge in [0.25, 0.3) is 0 Å². The van der Waals surface area contributed by atoms with Crippen molar-refractivity contribution in [2.24, 2.45) is 5.73 Å². The number of fused-ring (bicyclic) bond motifs is 1. The molecule has 0 bridgehead atoms. The zero-order chi connectivity index (χ0) is 14.7. The third kappa shape index (κ3) is 2.63. The molecule has 1 aliphatic rings. The Kier molecular flexibility index (Phi) is 4.29. The van der Waals surface area contributed by atoms with Gasteiger partial charge in [-0.2, -0.15) is 0 Å². The monoisotopic (exact) mass is 276 g/mol. The molecule has 0 radical (unpaired) electrons. The maximum absolute atomic E-state index is 11.5. The lowest BCUT2D eigenvalue weighted by Crippen LogP contribution is -2.33. The molecule has 2 atom stereocenters. The lowest BCUT2D eigenvalue weighted by molar-refractivity contribution is 0.124. The first-order chi connectivity index (χ1) is 9.58. The Morgan fingerprint density at radius 1 is 1.60 bits per heavy atom. The minimum Gasteiger partial charge on any atom is -0.497 e. The van der Waals surface area contributed by atoms with Crippen LogP contribution in [0.15, 0.2) is 30.9 Å². The molecule has 0 saturated carbocycles. The van der Waals surface area contributed by atoms with Crippen LogP contribution in [0.25, 0.3) is 0 Å². The highest BCUT2D eigenvalue weighted by Gasteiger charge is 2.35. The van der Waals surface area contributed by atoms with Crippen LogP contribution >= 0.6 is 0 Å². The Morgan fingerprint density at radius 3 is 2.95 bits per heavy atom. The van der Waals surface area contributed by atoms with E-state index in [4.69, 9.17) is 10.5 Å². The third-order valence-corrected chi connectivity index (χ3v) is 3.73. The Morgan fingerprint density at radius 2 is 2.35 bits per heavy atom. The van der Waals surface area contributed by atoms with E-state index in [2.05, 4.69) is 6.58 Å². The van der Waals surface area contributed by atoms with Crippen LogP contribution in [0.5, 0.6) is 5.75 Å². The van der Waals surface area contributed by atoms with Crippen molar-refractivity contribution in [3.05, 3.63) is 42.0 Å². The molecule has 1 aromatic rings. The summed E-state index contributed by atoms with van der Waals surface area (Å²) in [5.74, 6) is 0.743. The van der Waals surface area contributed by atoms with Gasteiger partial charge < -0.3 is 20.5 Å². The van der Waals surface area contributed by atoms with Gasteiger partial charge in [0.1, 0.15) is 5.75 Å². The standard InChI is InChI=1S/C15H20N2O3/c1-3-4-7-17(15(18)19)14-9-13(16)12-8-10(20-2)5-6-11(12)14/h3,5-6,8,13-14H,1,4,7,9,16H2,2H3,(H,18,19)/t13-,14?/m0/s1. The summed E-state index contributed by atoms with van der Waals surface area (Å²) in [6.07, 6.45) is 2.03. The molecule has 0 aliphatic heterocycles. The largest absolute Gasteiger partial charge is 0.497 e. The minimum absolute atomic E-state index is 0.157. The molecule has 0 fully saturated rings. The van der Waals surface area contributed by atoms with Gasteiger partial charge in [0.2, 0.25) is 0 Å². The Bertz CT molecular complexity index is 516. The van der Waals surface area contributed by atoms with Crippen molar-refractivity contribution in [3.63, 3.8) is 0 Å². The van der Waals surface area contributed by atoms with E-state index in [0.29, 0.717) is 19.4 Å². The summed E-state index contributed by atoms with van der Waals surface area (Å²) >= 11 is 0. The second-order valence-electron chi connectivity index (χ2n) is 4.91. The van der Waals surface area contributed by atoms with Crippen molar-refractivity contribution in [3.8, 4) is 5.75 Å². The van der Waals surface area contributed by atoms with Crippen LogP contribution in [0.4, 0.5) is 4.79 Å². The Balaban J connectivity index is 2.31. The lowest BCUT2D eigenvalue weighted by Gasteiger charge is -2.26. The third-order valence-electron chi connectivity index (χ3n) is 3.73. The second-order valence-corrected chi connectivity index (χ2v) is 4.91. The van der Waals surface area contributed by atoms with E-state index in [-0.39, 0.29) is 12.1 Å². The molecule has 5 heteroatoms. The number of amides is 1. The van der Waals surface area contributed by atoms with Crippen molar-refractivity contribution >= 4 is 6.09 Å². The number of methoxy groups -OCH3 is 1. The summed E-state index contributed by atoms with van der Waals surface area (Å²) in [7, 11) is 1.60. The summed E-state index contributed by atoms with van der Waals surface area (Å²) in [6, 6.07) is 5.31. The van der Waals surface area contributed by atoms with Crippen LogP contribution in [0.1, 0.15) is 36.1 Å². The van der Waals surface area contributed by atoms with Crippen LogP contribution in [-0.4, -0.2) is 29.8 Å². The zero-order valence-corrected chi connectivity index (χ0v) is 11.6. The molecule has 0 heterocycles. The molecule has 1 unspecified atom stereocenters. The molecule has 1 aliphatic carbocycles. The maximum Gasteiger partial charge on any atom is 0.407 e. The van der Waals surface area contributed by atoms with Crippen molar-refractivity contribution < 1.29 is 14.6 Å². The van der Waals surface area contributed by atoms with Crippen molar-refractivity contribution in [2.45, 2.75) is 24.9 Å². The molecule has 1 amide bonds. The minimum atomic E-state index is -0.923. The fourth-order valence-electron chi connectivity index (χ4n) is 2.71. The average Bonchev–Trinajstić information content (AvgIpc) is 2.76. The van der Waals surface area contributed by atoms with Crippen LogP contribution in [0.2, 0.25) is 0 Å². The molecule has 0 saturated heterocycles. The van der Waals surface area contributed by atoms with Gasteiger partial charge >= 0.3 is 6.09 Å². The van der Waals surface area contributed by atoms with Gasteiger partial charge in [-0.05, 0) is 36.1 Å². The highest BCUT2D eigenvalue weighted by molar-refractivity contribution is 5.66. The number of nitrogens with zero attached hydrogens (tertiary/aromatic N) is 1. The molecule has 5 nitrogen and oxygen atoms in total. The summed E-state index contributed by atoms with van der Waals surface area (Å²) in [4.78, 5) is 12.9. The summed E-state index contributed by atoms with van der Waals surface area (Å²) in [5, 5.41) is 9.40. The molecule has 20 heavy (non-hydrogen) atoms. The van der Waals surface area contributed by atoms with E-state index in [1.165, 1.54) is 4.90 Å². The Labute approximate surface area is 118 Å². The quantitative estimate of drug-likeness (QED) is 0.811. The highest BCUT2D eigenvalue weighted by Crippen LogP contribution is 2.42. The summed E-state index contributed by atoms with van der Waals surface area (Å²) in [5.41, 5.74) is 8.08. The number of rotatable bonds is 5. The smallest absolute Gasteiger partial charge is 0.407 e. The van der Waals surface area contributed by atoms with E-state index in [9.17, 15) is 9.90 Å². The predicted molar refractivity (Wildman–Crippen MR) is 76.8 cm³/mol. The van der Waals surface area contributed by atoms with Crippen LogP contribution in [-0.2, 0) is 0 Å². The fourth-order valence-corrected chi connectivity index (χ4v) is 2.71. The first-order valence-corrected chi connectivity index (χ1v) is 6.62. The van der Waals surface area contributed by atoms with Gasteiger partial charge in [-0.15, -0.1) is 6.58 Å². The molecule has 3 N–H and O–H groups in total. The van der Waals surface area contributed by atoms with Crippen LogP contribution in [0, 0.1) is 0 Å². The molecular formula is C15H20N2O3. The van der Waals surface area contributed by atoms with Crippen molar-refractivity contribution in [1.82, 2.24) is 4.90 Å². The topological polar surface area (TPSA) is 75.8 Å². The van der Waals surface area contributed by atoms with Gasteiger partial charge in [0, 0.05) is 12.6 Å². The van der Waals surface area contributed by atoms with Gasteiger partial charge in [0.15, 0.2) is 0 Å². The Hall–Kier alpha value is -2.01. The molecule has 0 spiro atoms. The van der Waals surface area contributed by atoms with E-state index < -0.39 is 6.09 Å². The molecule has 2 rings (SSSR count). The highest BCUT2D eigenvalue weighted by atomic mass is 16.5. The van der Waals surface area contributed by atoms with E-state index in [1.54, 1.807) is 13.2 Å². The van der Waals surface area contributed by atoms with Crippen molar-refractivity contribution in [1.29, 1.82) is 0 Å². The number of benzene rings is 1. The number of nitrogens with two attached hydrogens (primary N) is 1. The number of ether oxygens (including phenoxy) is 1. The fraction of sp³-hybridized carbons (Fsp3) is 0.400. The molecule has 1 aromatic carbocycles.